The highest BCUT2D eigenvalue weighted by Crippen LogP contribution is 2.22. The molecule has 0 radical (unpaired) electrons. The van der Waals surface area contributed by atoms with Crippen LogP contribution >= 0.6 is 22.9 Å². The van der Waals surface area contributed by atoms with Crippen LogP contribution in [0, 0.1) is 5.92 Å². The summed E-state index contributed by atoms with van der Waals surface area (Å²) in [5, 5.41) is 5.59. The van der Waals surface area contributed by atoms with E-state index >= 15 is 0 Å². The topological polar surface area (TPSA) is 73.8 Å². The number of hydrogen-bond acceptors (Lipinski definition) is 5. The Hall–Kier alpha value is -2.38. The number of carbonyl (C=O) groups excluding carboxylic acids is 2. The molecule has 2 N–H and O–H groups in total. The standard InChI is InChI=1S/C21H25ClN4O2S/c1-14(2)19-23-10-3-13-26(19)16-6-4-15(5-7-16)20(27)24-11-12-25-21(28)17-8-9-18(22)29-17/h4-9,14H,3,10-13H2,1-2H3,(H,24,27)(H,25,28). The lowest BCUT2D eigenvalue weighted by molar-refractivity contribution is 0.0929. The first-order chi connectivity index (χ1) is 14.0. The van der Waals surface area contributed by atoms with E-state index in [1.165, 1.54) is 11.3 Å². The van der Waals surface area contributed by atoms with Crippen LogP contribution in [0.5, 0.6) is 0 Å². The Bertz CT molecular complexity index is 892. The van der Waals surface area contributed by atoms with Gasteiger partial charge in [-0.1, -0.05) is 25.4 Å². The van der Waals surface area contributed by atoms with Gasteiger partial charge in [0.05, 0.1) is 9.21 Å². The lowest BCUT2D eigenvalue weighted by Crippen LogP contribution is -2.38. The van der Waals surface area contributed by atoms with Gasteiger partial charge in [0.25, 0.3) is 11.8 Å². The molecule has 0 aliphatic carbocycles. The van der Waals surface area contributed by atoms with Gasteiger partial charge >= 0.3 is 0 Å². The average molecular weight is 433 g/mol. The highest BCUT2D eigenvalue weighted by atomic mass is 35.5. The molecule has 2 aromatic rings. The molecule has 0 spiro atoms. The Kier molecular flexibility index (Phi) is 7.28. The molecule has 1 aliphatic heterocycles. The highest BCUT2D eigenvalue weighted by molar-refractivity contribution is 7.17. The van der Waals surface area contributed by atoms with E-state index in [4.69, 9.17) is 11.6 Å². The molecule has 0 saturated carbocycles. The van der Waals surface area contributed by atoms with Crippen molar-refractivity contribution in [2.75, 3.05) is 31.1 Å². The molecule has 6 nitrogen and oxygen atoms in total. The minimum absolute atomic E-state index is 0.165. The monoisotopic (exact) mass is 432 g/mol. The molecule has 154 valence electrons. The van der Waals surface area contributed by atoms with Gasteiger partial charge in [-0.15, -0.1) is 11.3 Å². The maximum absolute atomic E-state index is 12.3. The Morgan fingerprint density at radius 2 is 1.79 bits per heavy atom. The summed E-state index contributed by atoms with van der Waals surface area (Å²) in [6.07, 6.45) is 1.03. The molecule has 0 unspecified atom stereocenters. The van der Waals surface area contributed by atoms with Crippen molar-refractivity contribution in [1.29, 1.82) is 0 Å². The van der Waals surface area contributed by atoms with Crippen molar-refractivity contribution in [1.82, 2.24) is 10.6 Å². The number of carbonyl (C=O) groups is 2. The number of aliphatic imine (C=N–C) groups is 1. The molecule has 0 bridgehead atoms. The maximum Gasteiger partial charge on any atom is 0.261 e. The third kappa shape index (κ3) is 5.58. The minimum atomic E-state index is -0.190. The third-order valence-electron chi connectivity index (χ3n) is 4.54. The van der Waals surface area contributed by atoms with Crippen LogP contribution < -0.4 is 15.5 Å². The second-order valence-corrected chi connectivity index (χ2v) is 8.78. The van der Waals surface area contributed by atoms with E-state index in [1.54, 1.807) is 12.1 Å². The van der Waals surface area contributed by atoms with Gasteiger partial charge in [0.2, 0.25) is 0 Å². The quantitative estimate of drug-likeness (QED) is 0.653. The van der Waals surface area contributed by atoms with Crippen molar-refractivity contribution in [3.63, 3.8) is 0 Å². The number of rotatable bonds is 7. The van der Waals surface area contributed by atoms with Crippen molar-refractivity contribution < 1.29 is 9.59 Å². The summed E-state index contributed by atoms with van der Waals surface area (Å²) in [6, 6.07) is 10.9. The van der Waals surface area contributed by atoms with Crippen molar-refractivity contribution in [2.45, 2.75) is 20.3 Å². The third-order valence-corrected chi connectivity index (χ3v) is 5.77. The smallest absolute Gasteiger partial charge is 0.261 e. The zero-order valence-electron chi connectivity index (χ0n) is 16.6. The summed E-state index contributed by atoms with van der Waals surface area (Å²) >= 11 is 7.06. The fraction of sp³-hybridized carbons (Fsp3) is 0.381. The second kappa shape index (κ2) is 9.89. The molecular formula is C21H25ClN4O2S. The van der Waals surface area contributed by atoms with E-state index in [0.29, 0.717) is 33.8 Å². The molecule has 1 aromatic carbocycles. The summed E-state index contributed by atoms with van der Waals surface area (Å²) in [7, 11) is 0. The average Bonchev–Trinajstić information content (AvgIpc) is 3.17. The molecule has 0 saturated heterocycles. The fourth-order valence-corrected chi connectivity index (χ4v) is 4.11. The van der Waals surface area contributed by atoms with E-state index in [0.717, 1.165) is 31.0 Å². The van der Waals surface area contributed by atoms with E-state index in [1.807, 2.05) is 24.3 Å². The van der Waals surface area contributed by atoms with E-state index in [2.05, 4.69) is 34.4 Å². The zero-order valence-corrected chi connectivity index (χ0v) is 18.1. The van der Waals surface area contributed by atoms with Gasteiger partial charge in [0.1, 0.15) is 5.84 Å². The summed E-state index contributed by atoms with van der Waals surface area (Å²) < 4.78 is 0.572. The van der Waals surface area contributed by atoms with Crippen LogP contribution in [0.3, 0.4) is 0 Å². The van der Waals surface area contributed by atoms with Gasteiger partial charge < -0.3 is 15.5 Å². The van der Waals surface area contributed by atoms with Crippen molar-refractivity contribution in [3.05, 3.63) is 51.2 Å². The Morgan fingerprint density at radius 1 is 1.10 bits per heavy atom. The highest BCUT2D eigenvalue weighted by Gasteiger charge is 2.20. The Labute approximate surface area is 180 Å². The van der Waals surface area contributed by atoms with Crippen LogP contribution in [-0.2, 0) is 0 Å². The molecule has 1 aliphatic rings. The number of halogens is 1. The Morgan fingerprint density at radius 3 is 2.41 bits per heavy atom. The van der Waals surface area contributed by atoms with Crippen molar-refractivity contribution in [2.24, 2.45) is 10.9 Å². The first kappa shape index (κ1) is 21.3. The Balaban J connectivity index is 1.49. The largest absolute Gasteiger partial charge is 0.350 e. The number of amidine groups is 1. The van der Waals surface area contributed by atoms with Gasteiger partial charge in [-0.25, -0.2) is 0 Å². The second-order valence-electron chi connectivity index (χ2n) is 7.06. The van der Waals surface area contributed by atoms with Gasteiger partial charge in [-0.2, -0.15) is 0 Å². The number of anilines is 1. The van der Waals surface area contributed by atoms with Crippen molar-refractivity contribution >= 4 is 46.3 Å². The first-order valence-corrected chi connectivity index (χ1v) is 10.9. The molecule has 0 atom stereocenters. The van der Waals surface area contributed by atoms with Crippen LogP contribution in [-0.4, -0.2) is 43.8 Å². The predicted molar refractivity (Wildman–Crippen MR) is 120 cm³/mol. The van der Waals surface area contributed by atoms with E-state index in [9.17, 15) is 9.59 Å². The molecule has 2 heterocycles. The van der Waals surface area contributed by atoms with Crippen molar-refractivity contribution in [3.8, 4) is 0 Å². The SMILES string of the molecule is CC(C)C1=NCCCN1c1ccc(C(=O)NCCNC(=O)c2ccc(Cl)s2)cc1. The summed E-state index contributed by atoms with van der Waals surface area (Å²) in [5.41, 5.74) is 1.64. The van der Waals surface area contributed by atoms with Gasteiger partial charge in [0, 0.05) is 43.3 Å². The summed E-state index contributed by atoms with van der Waals surface area (Å²) in [5.74, 6) is 1.10. The molecular weight excluding hydrogens is 408 g/mol. The minimum Gasteiger partial charge on any atom is -0.350 e. The number of hydrogen-bond donors (Lipinski definition) is 2. The van der Waals surface area contributed by atoms with Gasteiger partial charge in [0.15, 0.2) is 0 Å². The lowest BCUT2D eigenvalue weighted by Gasteiger charge is -2.31. The number of amides is 2. The van der Waals surface area contributed by atoms with Crippen LogP contribution in [0.4, 0.5) is 5.69 Å². The normalized spacial score (nSPS) is 13.9. The first-order valence-electron chi connectivity index (χ1n) is 9.69. The zero-order chi connectivity index (χ0) is 20.8. The maximum atomic E-state index is 12.3. The molecule has 0 fully saturated rings. The van der Waals surface area contributed by atoms with Crippen LogP contribution in [0.2, 0.25) is 4.34 Å². The fourth-order valence-electron chi connectivity index (χ4n) is 3.15. The van der Waals surface area contributed by atoms with Gasteiger partial charge in [-0.3, -0.25) is 14.6 Å². The predicted octanol–water partition coefficient (Wildman–Crippen LogP) is 3.83. The van der Waals surface area contributed by atoms with Crippen LogP contribution in [0.15, 0.2) is 41.4 Å². The number of nitrogens with one attached hydrogen (secondary N) is 2. The summed E-state index contributed by atoms with van der Waals surface area (Å²) in [6.45, 7) is 6.80. The van der Waals surface area contributed by atoms with Crippen LogP contribution in [0.1, 0.15) is 40.3 Å². The molecule has 29 heavy (non-hydrogen) atoms. The molecule has 8 heteroatoms. The number of benzene rings is 1. The molecule has 3 rings (SSSR count). The number of thiophene rings is 1. The molecule has 2 amide bonds. The van der Waals surface area contributed by atoms with Gasteiger partial charge in [-0.05, 0) is 42.8 Å². The van der Waals surface area contributed by atoms with Crippen LogP contribution in [0.25, 0.3) is 0 Å². The molecule has 1 aromatic heterocycles. The van der Waals surface area contributed by atoms with E-state index in [-0.39, 0.29) is 11.8 Å². The van der Waals surface area contributed by atoms with E-state index < -0.39 is 0 Å². The lowest BCUT2D eigenvalue weighted by atomic mass is 10.1. The summed E-state index contributed by atoms with van der Waals surface area (Å²) in [4.78, 5) is 31.7. The number of nitrogens with zero attached hydrogens (tertiary/aromatic N) is 2.